The summed E-state index contributed by atoms with van der Waals surface area (Å²) in [6.45, 7) is 0. The molecule has 0 bridgehead atoms. The van der Waals surface area contributed by atoms with E-state index in [0.717, 1.165) is 10.5 Å². The van der Waals surface area contributed by atoms with Gasteiger partial charge in [-0.05, 0) is 12.1 Å². The number of aromatic nitrogens is 2. The van der Waals surface area contributed by atoms with E-state index in [0.29, 0.717) is 10.8 Å². The number of rotatable bonds is 2. The number of thiazole rings is 1. The monoisotopic (exact) mass is 312 g/mol. The van der Waals surface area contributed by atoms with Crippen LogP contribution in [0.15, 0.2) is 40.7 Å². The summed E-state index contributed by atoms with van der Waals surface area (Å²) in [4.78, 5) is 5.29. The van der Waals surface area contributed by atoms with Crippen LogP contribution >= 0.6 is 22.9 Å². The van der Waals surface area contributed by atoms with E-state index in [9.17, 15) is 8.42 Å². The lowest BCUT2D eigenvalue weighted by atomic mass is 10.2. The Morgan fingerprint density at radius 2 is 2.16 bits per heavy atom. The van der Waals surface area contributed by atoms with E-state index in [-0.39, 0.29) is 4.90 Å². The van der Waals surface area contributed by atoms with Crippen LogP contribution in [0.25, 0.3) is 16.2 Å². The van der Waals surface area contributed by atoms with E-state index in [2.05, 4.69) is 4.98 Å². The highest BCUT2D eigenvalue weighted by Gasteiger charge is 2.15. The molecule has 4 nitrogen and oxygen atoms in total. The molecule has 0 spiro atoms. The van der Waals surface area contributed by atoms with Gasteiger partial charge in [0.25, 0.3) is 0 Å². The summed E-state index contributed by atoms with van der Waals surface area (Å²) in [5.41, 5.74) is 1.45. The predicted molar refractivity (Wildman–Crippen MR) is 76.6 cm³/mol. The van der Waals surface area contributed by atoms with Crippen LogP contribution in [0, 0.1) is 0 Å². The van der Waals surface area contributed by atoms with Gasteiger partial charge in [0.2, 0.25) is 0 Å². The van der Waals surface area contributed by atoms with E-state index < -0.39 is 9.84 Å². The molecule has 2 heterocycles. The van der Waals surface area contributed by atoms with Crippen LogP contribution in [0.5, 0.6) is 0 Å². The minimum Gasteiger partial charge on any atom is -0.289 e. The SMILES string of the molecule is CS(=O)(=O)c1cccc(-c2c(Cl)nc3sccn23)c1. The Morgan fingerprint density at radius 1 is 1.37 bits per heavy atom. The predicted octanol–water partition coefficient (Wildman–Crippen LogP) is 3.12. The number of hydrogen-bond donors (Lipinski definition) is 0. The number of hydrogen-bond acceptors (Lipinski definition) is 4. The van der Waals surface area contributed by atoms with Gasteiger partial charge in [0.05, 0.1) is 10.6 Å². The first-order chi connectivity index (χ1) is 8.97. The second-order valence-corrected chi connectivity index (χ2v) is 7.35. The fourth-order valence-electron chi connectivity index (χ4n) is 1.89. The minimum atomic E-state index is -3.24. The van der Waals surface area contributed by atoms with Crippen molar-refractivity contribution >= 4 is 37.7 Å². The molecule has 98 valence electrons. The topological polar surface area (TPSA) is 51.4 Å². The third kappa shape index (κ3) is 2.16. The highest BCUT2D eigenvalue weighted by atomic mass is 35.5. The molecule has 2 aromatic heterocycles. The van der Waals surface area contributed by atoms with Crippen molar-refractivity contribution in [3.05, 3.63) is 41.0 Å². The van der Waals surface area contributed by atoms with Crippen LogP contribution in [0.3, 0.4) is 0 Å². The molecule has 0 N–H and O–H groups in total. The molecule has 3 rings (SSSR count). The lowest BCUT2D eigenvalue weighted by molar-refractivity contribution is 0.602. The average Bonchev–Trinajstić information content (AvgIpc) is 2.87. The molecular formula is C12H9ClN2O2S2. The average molecular weight is 313 g/mol. The van der Waals surface area contributed by atoms with Crippen LogP contribution < -0.4 is 0 Å². The highest BCUT2D eigenvalue weighted by molar-refractivity contribution is 7.90. The van der Waals surface area contributed by atoms with Crippen molar-refractivity contribution in [3.63, 3.8) is 0 Å². The third-order valence-electron chi connectivity index (χ3n) is 2.76. The van der Waals surface area contributed by atoms with Gasteiger partial charge in [-0.2, -0.15) is 0 Å². The van der Waals surface area contributed by atoms with E-state index >= 15 is 0 Å². The van der Waals surface area contributed by atoms with Crippen molar-refractivity contribution in [3.8, 4) is 11.3 Å². The molecule has 19 heavy (non-hydrogen) atoms. The third-order valence-corrected chi connectivity index (χ3v) is 4.89. The lowest BCUT2D eigenvalue weighted by Crippen LogP contribution is -1.97. The van der Waals surface area contributed by atoms with Crippen molar-refractivity contribution in [2.24, 2.45) is 0 Å². The highest BCUT2D eigenvalue weighted by Crippen LogP contribution is 2.31. The largest absolute Gasteiger partial charge is 0.289 e. The lowest BCUT2D eigenvalue weighted by Gasteiger charge is -2.03. The zero-order valence-electron chi connectivity index (χ0n) is 9.87. The second kappa shape index (κ2) is 4.33. The number of halogens is 1. The minimum absolute atomic E-state index is 0.270. The summed E-state index contributed by atoms with van der Waals surface area (Å²) in [7, 11) is -3.24. The summed E-state index contributed by atoms with van der Waals surface area (Å²) >= 11 is 7.61. The fraction of sp³-hybridized carbons (Fsp3) is 0.0833. The molecular weight excluding hydrogens is 304 g/mol. The van der Waals surface area contributed by atoms with Crippen LogP contribution in [0.1, 0.15) is 0 Å². The van der Waals surface area contributed by atoms with Gasteiger partial charge in [0.15, 0.2) is 20.0 Å². The molecule has 0 fully saturated rings. The second-order valence-electron chi connectivity index (χ2n) is 4.11. The molecule has 0 saturated carbocycles. The normalized spacial score (nSPS) is 12.1. The Morgan fingerprint density at radius 3 is 2.89 bits per heavy atom. The number of benzene rings is 1. The number of fused-ring (bicyclic) bond motifs is 1. The van der Waals surface area contributed by atoms with Crippen molar-refractivity contribution in [1.29, 1.82) is 0 Å². The van der Waals surface area contributed by atoms with E-state index in [4.69, 9.17) is 11.6 Å². The van der Waals surface area contributed by atoms with Crippen molar-refractivity contribution < 1.29 is 8.42 Å². The number of nitrogens with zero attached hydrogens (tertiary/aromatic N) is 2. The Balaban J connectivity index is 2.27. The van der Waals surface area contributed by atoms with Gasteiger partial charge in [-0.25, -0.2) is 13.4 Å². The first-order valence-electron chi connectivity index (χ1n) is 5.38. The molecule has 7 heteroatoms. The molecule has 0 saturated heterocycles. The molecule has 1 aromatic carbocycles. The quantitative estimate of drug-likeness (QED) is 0.730. The number of imidazole rings is 1. The number of sulfone groups is 1. The molecule has 0 atom stereocenters. The summed E-state index contributed by atoms with van der Waals surface area (Å²) in [6, 6.07) is 6.70. The van der Waals surface area contributed by atoms with Gasteiger partial charge >= 0.3 is 0 Å². The maximum absolute atomic E-state index is 11.6. The molecule has 0 amide bonds. The molecule has 3 aromatic rings. The zero-order valence-corrected chi connectivity index (χ0v) is 12.3. The standard InChI is InChI=1S/C12H9ClN2O2S2/c1-19(16,17)9-4-2-3-8(7-9)10-11(13)14-12-15(10)5-6-18-12/h2-7H,1H3. The van der Waals surface area contributed by atoms with Crippen LogP contribution in [-0.2, 0) is 9.84 Å². The smallest absolute Gasteiger partial charge is 0.195 e. The molecule has 0 unspecified atom stereocenters. The molecule has 0 aliphatic carbocycles. The Kier molecular flexibility index (Phi) is 2.88. The van der Waals surface area contributed by atoms with Crippen LogP contribution in [-0.4, -0.2) is 24.1 Å². The van der Waals surface area contributed by atoms with E-state index in [1.165, 1.54) is 17.6 Å². The van der Waals surface area contributed by atoms with Gasteiger partial charge in [0, 0.05) is 23.4 Å². The first-order valence-corrected chi connectivity index (χ1v) is 8.53. The van der Waals surface area contributed by atoms with Gasteiger partial charge in [-0.1, -0.05) is 23.7 Å². The first kappa shape index (κ1) is 12.7. The van der Waals surface area contributed by atoms with Crippen LogP contribution in [0.4, 0.5) is 0 Å². The fourth-order valence-corrected chi connectivity index (χ4v) is 3.60. The Bertz CT molecular complexity index is 865. The maximum atomic E-state index is 11.6. The molecule has 0 radical (unpaired) electrons. The zero-order chi connectivity index (χ0) is 13.6. The summed E-state index contributed by atoms with van der Waals surface area (Å²) in [5.74, 6) is 0. The maximum Gasteiger partial charge on any atom is 0.195 e. The summed E-state index contributed by atoms with van der Waals surface area (Å²) < 4.78 is 25.1. The Hall–Kier alpha value is -1.37. The van der Waals surface area contributed by atoms with Crippen molar-refractivity contribution in [2.45, 2.75) is 4.90 Å². The summed E-state index contributed by atoms with van der Waals surface area (Å²) in [5, 5.41) is 2.28. The van der Waals surface area contributed by atoms with Crippen molar-refractivity contribution in [1.82, 2.24) is 9.38 Å². The van der Waals surface area contributed by atoms with Crippen LogP contribution in [0.2, 0.25) is 5.15 Å². The van der Waals surface area contributed by atoms with Crippen molar-refractivity contribution in [2.75, 3.05) is 6.26 Å². The summed E-state index contributed by atoms with van der Waals surface area (Å²) in [6.07, 6.45) is 3.05. The van der Waals surface area contributed by atoms with E-state index in [1.807, 2.05) is 22.0 Å². The van der Waals surface area contributed by atoms with Gasteiger partial charge in [0.1, 0.15) is 0 Å². The van der Waals surface area contributed by atoms with Gasteiger partial charge in [-0.3, -0.25) is 4.40 Å². The van der Waals surface area contributed by atoms with E-state index in [1.54, 1.807) is 18.2 Å². The molecule has 0 aliphatic rings. The van der Waals surface area contributed by atoms with Gasteiger partial charge < -0.3 is 0 Å². The Labute approximate surface area is 119 Å². The van der Waals surface area contributed by atoms with Gasteiger partial charge in [-0.15, -0.1) is 11.3 Å². The molecule has 0 aliphatic heterocycles.